The summed E-state index contributed by atoms with van der Waals surface area (Å²) in [7, 11) is 0. The quantitative estimate of drug-likeness (QED) is 0.846. The van der Waals surface area contributed by atoms with Gasteiger partial charge in [0.05, 0.1) is 12.0 Å². The van der Waals surface area contributed by atoms with Gasteiger partial charge in [0.2, 0.25) is 0 Å². The molecule has 0 aliphatic rings. The van der Waals surface area contributed by atoms with Crippen LogP contribution in [-0.4, -0.2) is 27.8 Å². The van der Waals surface area contributed by atoms with Gasteiger partial charge in [0, 0.05) is 10.7 Å². The van der Waals surface area contributed by atoms with E-state index in [1.54, 1.807) is 19.2 Å². The third-order valence-corrected chi connectivity index (χ3v) is 2.29. The zero-order valence-electron chi connectivity index (χ0n) is 7.95. The fourth-order valence-corrected chi connectivity index (χ4v) is 1.56. The monoisotopic (exact) mass is 269 g/mol. The number of rotatable bonds is 2. The zero-order valence-corrected chi connectivity index (χ0v) is 9.54. The number of aromatic amines is 1. The zero-order chi connectivity index (χ0) is 10.8. The van der Waals surface area contributed by atoms with Crippen molar-refractivity contribution in [1.82, 2.24) is 15.2 Å². The number of carbonyl (C=O) groups excluding carboxylic acids is 1. The molecule has 2 aromatic heterocycles. The summed E-state index contributed by atoms with van der Waals surface area (Å²) in [6, 6.07) is 1.78. The number of hydrogen-bond acceptors (Lipinski definition) is 4. The van der Waals surface area contributed by atoms with Crippen molar-refractivity contribution in [2.45, 2.75) is 6.92 Å². The van der Waals surface area contributed by atoms with E-state index in [4.69, 9.17) is 4.74 Å². The van der Waals surface area contributed by atoms with E-state index in [0.29, 0.717) is 17.6 Å². The Labute approximate surface area is 94.0 Å². The summed E-state index contributed by atoms with van der Waals surface area (Å²) in [6.45, 7) is 2.08. The van der Waals surface area contributed by atoms with Crippen molar-refractivity contribution in [2.24, 2.45) is 0 Å². The van der Waals surface area contributed by atoms with E-state index in [2.05, 4.69) is 31.1 Å². The molecule has 0 saturated heterocycles. The Morgan fingerprint density at radius 3 is 3.20 bits per heavy atom. The van der Waals surface area contributed by atoms with Crippen molar-refractivity contribution < 1.29 is 9.53 Å². The maximum Gasteiger partial charge on any atom is 0.359 e. The highest BCUT2D eigenvalue weighted by Gasteiger charge is 2.15. The lowest BCUT2D eigenvalue weighted by molar-refractivity contribution is 0.0521. The smallest absolute Gasteiger partial charge is 0.359 e. The molecule has 0 aliphatic heterocycles. The molecule has 1 N–H and O–H groups in total. The molecule has 6 heteroatoms. The second-order valence-electron chi connectivity index (χ2n) is 2.84. The first-order valence-electron chi connectivity index (χ1n) is 4.39. The minimum atomic E-state index is -0.441. The van der Waals surface area contributed by atoms with Gasteiger partial charge in [-0.15, -0.1) is 0 Å². The number of hydrogen-bond donors (Lipinski definition) is 1. The number of ether oxygens (including phenoxy) is 1. The highest BCUT2D eigenvalue weighted by atomic mass is 79.9. The minimum absolute atomic E-state index is 0.264. The summed E-state index contributed by atoms with van der Waals surface area (Å²) in [5.41, 5.74) is 0.835. The number of esters is 1. The maximum absolute atomic E-state index is 11.5. The van der Waals surface area contributed by atoms with E-state index in [1.807, 2.05) is 0 Å². The van der Waals surface area contributed by atoms with Crippen LogP contribution in [0.15, 0.2) is 16.7 Å². The van der Waals surface area contributed by atoms with Crippen LogP contribution >= 0.6 is 15.9 Å². The predicted molar refractivity (Wildman–Crippen MR) is 57.5 cm³/mol. The van der Waals surface area contributed by atoms with E-state index < -0.39 is 5.97 Å². The van der Waals surface area contributed by atoms with Crippen molar-refractivity contribution in [3.63, 3.8) is 0 Å². The summed E-state index contributed by atoms with van der Waals surface area (Å²) < 4.78 is 5.66. The van der Waals surface area contributed by atoms with Crippen LogP contribution in [-0.2, 0) is 4.74 Å². The third-order valence-electron chi connectivity index (χ3n) is 1.85. The molecule has 0 radical (unpaired) electrons. The van der Waals surface area contributed by atoms with Gasteiger partial charge in [-0.1, -0.05) is 0 Å². The van der Waals surface area contributed by atoms with Crippen molar-refractivity contribution >= 4 is 32.9 Å². The number of aromatic nitrogens is 3. The lowest BCUT2D eigenvalue weighted by Gasteiger charge is -1.97. The first-order chi connectivity index (χ1) is 7.22. The van der Waals surface area contributed by atoms with E-state index >= 15 is 0 Å². The molecule has 78 valence electrons. The van der Waals surface area contributed by atoms with Crippen LogP contribution in [0.3, 0.4) is 0 Å². The molecule has 0 spiro atoms. The summed E-state index contributed by atoms with van der Waals surface area (Å²) in [4.78, 5) is 15.6. The van der Waals surface area contributed by atoms with Gasteiger partial charge in [-0.3, -0.25) is 5.10 Å². The predicted octanol–water partition coefficient (Wildman–Crippen LogP) is 1.90. The molecule has 5 nitrogen and oxygen atoms in total. The van der Waals surface area contributed by atoms with Gasteiger partial charge in [-0.05, 0) is 28.9 Å². The summed E-state index contributed by atoms with van der Waals surface area (Å²) in [5.74, 6) is -0.441. The molecule has 2 rings (SSSR count). The number of halogens is 1. The Balaban J connectivity index is 2.52. The lowest BCUT2D eigenvalue weighted by Crippen LogP contribution is -2.05. The van der Waals surface area contributed by atoms with Crippen molar-refractivity contribution in [1.29, 1.82) is 0 Å². The molecule has 2 aromatic rings. The molecule has 0 atom stereocenters. The Hall–Kier alpha value is -1.43. The van der Waals surface area contributed by atoms with Gasteiger partial charge in [-0.2, -0.15) is 5.10 Å². The highest BCUT2D eigenvalue weighted by molar-refractivity contribution is 9.10. The molecule has 15 heavy (non-hydrogen) atoms. The highest BCUT2D eigenvalue weighted by Crippen LogP contribution is 2.19. The number of carbonyl (C=O) groups is 1. The lowest BCUT2D eigenvalue weighted by atomic mass is 10.3. The average molecular weight is 270 g/mol. The fraction of sp³-hybridized carbons (Fsp3) is 0.222. The first kappa shape index (κ1) is 10.1. The summed E-state index contributed by atoms with van der Waals surface area (Å²) in [5, 5.41) is 7.20. The largest absolute Gasteiger partial charge is 0.461 e. The van der Waals surface area contributed by atoms with Gasteiger partial charge < -0.3 is 4.74 Å². The van der Waals surface area contributed by atoms with Crippen LogP contribution in [0.4, 0.5) is 0 Å². The molecule has 2 heterocycles. The summed E-state index contributed by atoms with van der Waals surface area (Å²) >= 11 is 3.28. The van der Waals surface area contributed by atoms with Crippen LogP contribution < -0.4 is 0 Å². The second kappa shape index (κ2) is 3.98. The van der Waals surface area contributed by atoms with Crippen LogP contribution in [0, 0.1) is 0 Å². The summed E-state index contributed by atoms with van der Waals surface area (Å²) in [6.07, 6.45) is 1.63. The van der Waals surface area contributed by atoms with Gasteiger partial charge in [-0.25, -0.2) is 9.78 Å². The van der Waals surface area contributed by atoms with E-state index in [0.717, 1.165) is 4.47 Å². The Morgan fingerprint density at radius 1 is 1.67 bits per heavy atom. The average Bonchev–Trinajstić information content (AvgIpc) is 2.60. The number of nitrogens with zero attached hydrogens (tertiary/aromatic N) is 2. The normalized spacial score (nSPS) is 10.5. The first-order valence-corrected chi connectivity index (χ1v) is 5.18. The number of nitrogens with one attached hydrogen (secondary N) is 1. The SMILES string of the molecule is CCOC(=O)c1n[nH]c2ncc(Br)cc12. The Kier molecular flexibility index (Phi) is 2.68. The van der Waals surface area contributed by atoms with Gasteiger partial charge in [0.15, 0.2) is 11.3 Å². The molecule has 0 saturated carbocycles. The minimum Gasteiger partial charge on any atom is -0.461 e. The molecule has 0 amide bonds. The van der Waals surface area contributed by atoms with Crippen LogP contribution in [0.5, 0.6) is 0 Å². The van der Waals surface area contributed by atoms with Gasteiger partial charge in [0.1, 0.15) is 0 Å². The Morgan fingerprint density at radius 2 is 2.47 bits per heavy atom. The van der Waals surface area contributed by atoms with Crippen LogP contribution in [0.2, 0.25) is 0 Å². The van der Waals surface area contributed by atoms with Crippen LogP contribution in [0.1, 0.15) is 17.4 Å². The standard InChI is InChI=1S/C9H8BrN3O2/c1-2-15-9(14)7-6-3-5(10)4-11-8(6)13-12-7/h3-4H,2H2,1H3,(H,11,12,13). The van der Waals surface area contributed by atoms with E-state index in [1.165, 1.54) is 0 Å². The van der Waals surface area contributed by atoms with Gasteiger partial charge in [0.25, 0.3) is 0 Å². The van der Waals surface area contributed by atoms with E-state index in [9.17, 15) is 4.79 Å². The van der Waals surface area contributed by atoms with Gasteiger partial charge >= 0.3 is 5.97 Å². The van der Waals surface area contributed by atoms with E-state index in [-0.39, 0.29) is 5.69 Å². The van der Waals surface area contributed by atoms with Crippen molar-refractivity contribution in [3.05, 3.63) is 22.4 Å². The maximum atomic E-state index is 11.5. The topological polar surface area (TPSA) is 67.9 Å². The molecule has 0 unspecified atom stereocenters. The molecular formula is C9H8BrN3O2. The number of H-pyrrole nitrogens is 1. The molecule has 0 fully saturated rings. The number of pyridine rings is 1. The fourth-order valence-electron chi connectivity index (χ4n) is 1.23. The third kappa shape index (κ3) is 1.85. The Bertz CT molecular complexity index is 509. The molecule has 0 aromatic carbocycles. The second-order valence-corrected chi connectivity index (χ2v) is 3.76. The van der Waals surface area contributed by atoms with Crippen molar-refractivity contribution in [2.75, 3.05) is 6.61 Å². The molecule has 0 aliphatic carbocycles. The van der Waals surface area contributed by atoms with Crippen LogP contribution in [0.25, 0.3) is 11.0 Å². The number of fused-ring (bicyclic) bond motifs is 1. The molecule has 0 bridgehead atoms. The van der Waals surface area contributed by atoms with Crippen molar-refractivity contribution in [3.8, 4) is 0 Å². The molecular weight excluding hydrogens is 262 g/mol.